The fourth-order valence-electron chi connectivity index (χ4n) is 4.58. The lowest BCUT2D eigenvalue weighted by Crippen LogP contribution is -2.41. The SMILES string of the molecule is CCc1nn(CC(=O)NCCCN2CCCC[C@@H]2CC)c(=O)c2cc3occc3n12. The molecule has 1 N–H and O–H groups in total. The summed E-state index contributed by atoms with van der Waals surface area (Å²) >= 11 is 0. The number of amides is 1. The highest BCUT2D eigenvalue weighted by atomic mass is 16.3. The van der Waals surface area contributed by atoms with E-state index in [1.54, 1.807) is 12.3 Å². The summed E-state index contributed by atoms with van der Waals surface area (Å²) in [5, 5.41) is 7.39. The van der Waals surface area contributed by atoms with Gasteiger partial charge in [0.15, 0.2) is 5.58 Å². The Hall–Kier alpha value is -2.61. The van der Waals surface area contributed by atoms with Gasteiger partial charge in [-0.05, 0) is 32.2 Å². The maximum atomic E-state index is 12.9. The van der Waals surface area contributed by atoms with Crippen molar-refractivity contribution in [1.29, 1.82) is 0 Å². The molecule has 1 saturated heterocycles. The molecule has 1 fully saturated rings. The Morgan fingerprint density at radius 1 is 1.30 bits per heavy atom. The minimum absolute atomic E-state index is 0.0732. The molecule has 4 rings (SSSR count). The zero-order chi connectivity index (χ0) is 21.1. The summed E-state index contributed by atoms with van der Waals surface area (Å²) in [6, 6.07) is 4.22. The molecule has 162 valence electrons. The van der Waals surface area contributed by atoms with E-state index in [2.05, 4.69) is 22.2 Å². The Labute approximate surface area is 175 Å². The van der Waals surface area contributed by atoms with Crippen LogP contribution < -0.4 is 10.9 Å². The predicted octanol–water partition coefficient (Wildman–Crippen LogP) is 2.58. The molecule has 8 heteroatoms. The average molecular weight is 414 g/mol. The zero-order valence-corrected chi connectivity index (χ0v) is 17.9. The Morgan fingerprint density at radius 3 is 2.97 bits per heavy atom. The topological polar surface area (TPSA) is 84.8 Å². The van der Waals surface area contributed by atoms with Gasteiger partial charge in [0.2, 0.25) is 5.91 Å². The minimum Gasteiger partial charge on any atom is -0.463 e. The third kappa shape index (κ3) is 4.01. The summed E-state index contributed by atoms with van der Waals surface area (Å²) in [6.45, 7) is 6.93. The molecular formula is C22H31N5O3. The van der Waals surface area contributed by atoms with Crippen LogP contribution in [0.3, 0.4) is 0 Å². The fourth-order valence-corrected chi connectivity index (χ4v) is 4.58. The number of nitrogens with one attached hydrogen (secondary N) is 1. The summed E-state index contributed by atoms with van der Waals surface area (Å²) in [4.78, 5) is 27.8. The van der Waals surface area contributed by atoms with Crippen molar-refractivity contribution in [1.82, 2.24) is 24.4 Å². The van der Waals surface area contributed by atoms with Gasteiger partial charge < -0.3 is 14.6 Å². The number of hydrogen-bond donors (Lipinski definition) is 1. The van der Waals surface area contributed by atoms with Gasteiger partial charge in [-0.1, -0.05) is 20.3 Å². The molecule has 8 nitrogen and oxygen atoms in total. The van der Waals surface area contributed by atoms with E-state index in [4.69, 9.17) is 4.42 Å². The van der Waals surface area contributed by atoms with E-state index in [1.165, 1.54) is 30.4 Å². The van der Waals surface area contributed by atoms with Crippen molar-refractivity contribution < 1.29 is 9.21 Å². The summed E-state index contributed by atoms with van der Waals surface area (Å²) in [5.74, 6) is 0.543. The standard InChI is InChI=1S/C22H31N5O3/c1-3-16-8-5-6-11-25(16)12-7-10-23-21(28)15-26-22(29)18-14-19-17(9-13-30-19)27(18)20(4-2)24-26/h9,13-14,16H,3-8,10-12,15H2,1-2H3,(H,23,28)/t16-/m0/s1. The van der Waals surface area contributed by atoms with Crippen molar-refractivity contribution in [3.05, 3.63) is 34.6 Å². The molecule has 3 aromatic rings. The van der Waals surface area contributed by atoms with Gasteiger partial charge in [-0.25, -0.2) is 4.68 Å². The number of nitrogens with zero attached hydrogens (tertiary/aromatic N) is 4. The number of aromatic nitrogens is 3. The van der Waals surface area contributed by atoms with Gasteiger partial charge in [0, 0.05) is 37.7 Å². The van der Waals surface area contributed by atoms with Crippen LogP contribution >= 0.6 is 0 Å². The molecule has 1 aliphatic rings. The van der Waals surface area contributed by atoms with E-state index in [0.717, 1.165) is 30.9 Å². The smallest absolute Gasteiger partial charge is 0.291 e. The van der Waals surface area contributed by atoms with E-state index in [1.807, 2.05) is 17.4 Å². The van der Waals surface area contributed by atoms with Gasteiger partial charge in [-0.15, -0.1) is 0 Å². The highest BCUT2D eigenvalue weighted by Gasteiger charge is 2.20. The quantitative estimate of drug-likeness (QED) is 0.574. The molecule has 0 unspecified atom stereocenters. The lowest BCUT2D eigenvalue weighted by atomic mass is 10.00. The zero-order valence-electron chi connectivity index (χ0n) is 17.9. The molecule has 4 heterocycles. The molecule has 0 radical (unpaired) electrons. The van der Waals surface area contributed by atoms with Crippen LogP contribution in [0.5, 0.6) is 0 Å². The van der Waals surface area contributed by atoms with Gasteiger partial charge in [0.05, 0.1) is 11.8 Å². The van der Waals surface area contributed by atoms with Gasteiger partial charge in [-0.2, -0.15) is 5.10 Å². The number of aryl methyl sites for hydroxylation is 1. The van der Waals surface area contributed by atoms with Crippen molar-refractivity contribution in [3.63, 3.8) is 0 Å². The van der Waals surface area contributed by atoms with Crippen LogP contribution in [0.25, 0.3) is 16.6 Å². The van der Waals surface area contributed by atoms with Gasteiger partial charge in [-0.3, -0.25) is 14.0 Å². The number of fused-ring (bicyclic) bond motifs is 3. The molecule has 1 atom stereocenters. The summed E-state index contributed by atoms with van der Waals surface area (Å²) in [6.07, 6.45) is 8.22. The second kappa shape index (κ2) is 9.04. The first-order valence-electron chi connectivity index (χ1n) is 11.1. The van der Waals surface area contributed by atoms with Crippen LogP contribution in [0.1, 0.15) is 51.8 Å². The van der Waals surface area contributed by atoms with Crippen LogP contribution in [-0.2, 0) is 17.8 Å². The van der Waals surface area contributed by atoms with Crippen LogP contribution in [0.4, 0.5) is 0 Å². The average Bonchev–Trinajstić information content (AvgIpc) is 3.35. The Bertz CT molecular complexity index is 1080. The molecular weight excluding hydrogens is 382 g/mol. The first-order valence-corrected chi connectivity index (χ1v) is 11.1. The largest absolute Gasteiger partial charge is 0.463 e. The van der Waals surface area contributed by atoms with Crippen LogP contribution in [0.15, 0.2) is 27.6 Å². The number of carbonyl (C=O) groups is 1. The molecule has 0 spiro atoms. The molecule has 0 saturated carbocycles. The number of piperidine rings is 1. The molecule has 0 aromatic carbocycles. The van der Waals surface area contributed by atoms with Crippen molar-refractivity contribution in [2.24, 2.45) is 0 Å². The highest BCUT2D eigenvalue weighted by molar-refractivity contribution is 5.82. The molecule has 1 aliphatic heterocycles. The van der Waals surface area contributed by atoms with E-state index in [9.17, 15) is 9.59 Å². The molecule has 1 amide bonds. The number of carbonyl (C=O) groups excluding carboxylic acids is 1. The Kier molecular flexibility index (Phi) is 6.22. The van der Waals surface area contributed by atoms with E-state index in [0.29, 0.717) is 30.1 Å². The van der Waals surface area contributed by atoms with E-state index in [-0.39, 0.29) is 18.0 Å². The lowest BCUT2D eigenvalue weighted by Gasteiger charge is -2.35. The highest BCUT2D eigenvalue weighted by Crippen LogP contribution is 2.21. The monoisotopic (exact) mass is 413 g/mol. The van der Waals surface area contributed by atoms with Crippen LogP contribution in [0, 0.1) is 0 Å². The van der Waals surface area contributed by atoms with Gasteiger partial charge >= 0.3 is 0 Å². The van der Waals surface area contributed by atoms with Crippen LogP contribution in [-0.4, -0.2) is 50.7 Å². The second-order valence-corrected chi connectivity index (χ2v) is 8.06. The third-order valence-corrected chi connectivity index (χ3v) is 6.14. The maximum Gasteiger partial charge on any atom is 0.291 e. The first-order chi connectivity index (χ1) is 14.6. The van der Waals surface area contributed by atoms with Crippen LogP contribution in [0.2, 0.25) is 0 Å². The van der Waals surface area contributed by atoms with Crippen molar-refractivity contribution >= 4 is 22.5 Å². The third-order valence-electron chi connectivity index (χ3n) is 6.14. The predicted molar refractivity (Wildman–Crippen MR) is 116 cm³/mol. The minimum atomic E-state index is -0.284. The molecule has 0 aliphatic carbocycles. The number of hydrogen-bond acceptors (Lipinski definition) is 5. The van der Waals surface area contributed by atoms with Gasteiger partial charge in [0.1, 0.15) is 17.9 Å². The molecule has 30 heavy (non-hydrogen) atoms. The second-order valence-electron chi connectivity index (χ2n) is 8.06. The maximum absolute atomic E-state index is 12.9. The molecule has 0 bridgehead atoms. The van der Waals surface area contributed by atoms with Crippen molar-refractivity contribution in [2.45, 2.75) is 65.0 Å². The van der Waals surface area contributed by atoms with E-state index < -0.39 is 0 Å². The van der Waals surface area contributed by atoms with Gasteiger partial charge in [0.25, 0.3) is 5.56 Å². The Balaban J connectivity index is 1.38. The fraction of sp³-hybridized carbons (Fsp3) is 0.591. The number of furan rings is 1. The first kappa shape index (κ1) is 20.7. The number of rotatable bonds is 8. The van der Waals surface area contributed by atoms with Crippen molar-refractivity contribution in [3.8, 4) is 0 Å². The lowest BCUT2D eigenvalue weighted by molar-refractivity contribution is -0.121. The summed E-state index contributed by atoms with van der Waals surface area (Å²) in [7, 11) is 0. The van der Waals surface area contributed by atoms with Crippen molar-refractivity contribution in [2.75, 3.05) is 19.6 Å². The summed E-state index contributed by atoms with van der Waals surface area (Å²) in [5.41, 5.74) is 1.67. The Morgan fingerprint density at radius 2 is 2.17 bits per heavy atom. The number of likely N-dealkylation sites (tertiary alicyclic amines) is 1. The summed E-state index contributed by atoms with van der Waals surface area (Å²) < 4.78 is 8.51. The normalized spacial score (nSPS) is 17.7. The van der Waals surface area contributed by atoms with E-state index >= 15 is 0 Å². The molecule has 3 aromatic heterocycles.